The first-order valence-corrected chi connectivity index (χ1v) is 9.68. The van der Waals surface area contributed by atoms with Gasteiger partial charge in [-0.05, 0) is 49.6 Å². The molecule has 0 saturated heterocycles. The molecule has 3 rings (SSSR count). The first-order chi connectivity index (χ1) is 12.2. The Hall–Kier alpha value is -2.27. The Morgan fingerprint density at radius 3 is 2.80 bits per heavy atom. The fraction of sp³-hybridized carbons (Fsp3) is 0.350. The van der Waals surface area contributed by atoms with Gasteiger partial charge >= 0.3 is 0 Å². The first-order valence-electron chi connectivity index (χ1n) is 8.86. The highest BCUT2D eigenvalue weighted by molar-refractivity contribution is 7.15. The van der Waals surface area contributed by atoms with Gasteiger partial charge in [0.1, 0.15) is 11.6 Å². The highest BCUT2D eigenvalue weighted by Crippen LogP contribution is 2.27. The molecule has 0 aliphatic carbocycles. The van der Waals surface area contributed by atoms with Crippen molar-refractivity contribution in [1.82, 2.24) is 15.0 Å². The molecule has 0 spiro atoms. The SMILES string of the molecule is CCCCCCc1ncc(-c2cccc(Nc3cc(C)ccn3)n2)s1. The molecule has 25 heavy (non-hydrogen) atoms. The van der Waals surface area contributed by atoms with Crippen molar-refractivity contribution in [2.75, 3.05) is 5.32 Å². The van der Waals surface area contributed by atoms with Crippen LogP contribution in [0.5, 0.6) is 0 Å². The van der Waals surface area contributed by atoms with Gasteiger partial charge in [-0.15, -0.1) is 11.3 Å². The van der Waals surface area contributed by atoms with E-state index in [4.69, 9.17) is 4.98 Å². The van der Waals surface area contributed by atoms with Crippen molar-refractivity contribution in [2.45, 2.75) is 46.0 Å². The maximum atomic E-state index is 4.71. The summed E-state index contributed by atoms with van der Waals surface area (Å²) >= 11 is 1.74. The second kappa shape index (κ2) is 8.72. The van der Waals surface area contributed by atoms with Gasteiger partial charge in [0.15, 0.2) is 0 Å². The van der Waals surface area contributed by atoms with Crippen molar-refractivity contribution in [3.8, 4) is 10.6 Å². The smallest absolute Gasteiger partial charge is 0.132 e. The fourth-order valence-corrected chi connectivity index (χ4v) is 3.55. The Kier molecular flexibility index (Phi) is 6.12. The van der Waals surface area contributed by atoms with E-state index in [2.05, 4.69) is 29.1 Å². The Labute approximate surface area is 153 Å². The van der Waals surface area contributed by atoms with E-state index in [9.17, 15) is 0 Å². The zero-order valence-electron chi connectivity index (χ0n) is 14.8. The van der Waals surface area contributed by atoms with Gasteiger partial charge in [0.05, 0.1) is 15.6 Å². The van der Waals surface area contributed by atoms with E-state index < -0.39 is 0 Å². The molecule has 0 atom stereocenters. The summed E-state index contributed by atoms with van der Waals surface area (Å²) < 4.78 is 0. The number of nitrogens with one attached hydrogen (secondary N) is 1. The van der Waals surface area contributed by atoms with Crippen LogP contribution in [0.4, 0.5) is 11.6 Å². The van der Waals surface area contributed by atoms with Gasteiger partial charge in [-0.25, -0.2) is 15.0 Å². The molecule has 3 aromatic heterocycles. The molecule has 0 amide bonds. The van der Waals surface area contributed by atoms with Crippen molar-refractivity contribution < 1.29 is 0 Å². The van der Waals surface area contributed by atoms with Crippen LogP contribution in [-0.2, 0) is 6.42 Å². The molecule has 0 aromatic carbocycles. The Bertz CT molecular complexity index is 813. The van der Waals surface area contributed by atoms with E-state index in [1.54, 1.807) is 17.5 Å². The summed E-state index contributed by atoms with van der Waals surface area (Å²) in [6.07, 6.45) is 9.88. The topological polar surface area (TPSA) is 50.7 Å². The van der Waals surface area contributed by atoms with E-state index >= 15 is 0 Å². The molecule has 3 heterocycles. The Morgan fingerprint density at radius 2 is 1.96 bits per heavy atom. The second-order valence-electron chi connectivity index (χ2n) is 6.18. The van der Waals surface area contributed by atoms with Crippen LogP contribution in [0.2, 0.25) is 0 Å². The van der Waals surface area contributed by atoms with E-state index in [-0.39, 0.29) is 0 Å². The predicted octanol–water partition coefficient (Wildman–Crippen LogP) is 5.77. The third-order valence-corrected chi connectivity index (χ3v) is 5.05. The molecule has 0 bridgehead atoms. The normalized spacial score (nSPS) is 10.8. The molecule has 1 N–H and O–H groups in total. The molecule has 0 saturated carbocycles. The summed E-state index contributed by atoms with van der Waals surface area (Å²) in [5.74, 6) is 1.61. The Morgan fingerprint density at radius 1 is 1.04 bits per heavy atom. The summed E-state index contributed by atoms with van der Waals surface area (Å²) in [7, 11) is 0. The van der Waals surface area contributed by atoms with Gasteiger partial charge in [-0.2, -0.15) is 0 Å². The third-order valence-electron chi connectivity index (χ3n) is 3.97. The predicted molar refractivity (Wildman–Crippen MR) is 105 cm³/mol. The van der Waals surface area contributed by atoms with Gasteiger partial charge in [-0.3, -0.25) is 0 Å². The number of thiazole rings is 1. The number of hydrogen-bond donors (Lipinski definition) is 1. The standard InChI is InChI=1S/C20H24N4S/c1-3-4-5-6-10-20-22-14-17(25-20)16-8-7-9-18(23-16)24-19-13-15(2)11-12-21-19/h7-9,11-14H,3-6,10H2,1-2H3,(H,21,23,24). The van der Waals surface area contributed by atoms with Crippen LogP contribution in [0.25, 0.3) is 10.6 Å². The fourth-order valence-electron chi connectivity index (χ4n) is 2.62. The van der Waals surface area contributed by atoms with Crippen LogP contribution in [0.3, 0.4) is 0 Å². The lowest BCUT2D eigenvalue weighted by molar-refractivity contribution is 0.665. The molecule has 0 radical (unpaired) electrons. The van der Waals surface area contributed by atoms with Crippen LogP contribution >= 0.6 is 11.3 Å². The van der Waals surface area contributed by atoms with Crippen LogP contribution in [0.15, 0.2) is 42.7 Å². The first kappa shape index (κ1) is 17.5. The maximum absolute atomic E-state index is 4.71. The van der Waals surface area contributed by atoms with Crippen molar-refractivity contribution in [2.24, 2.45) is 0 Å². The minimum Gasteiger partial charge on any atom is -0.325 e. The third kappa shape index (κ3) is 5.10. The van der Waals surface area contributed by atoms with Gasteiger partial charge < -0.3 is 5.32 Å². The molecule has 4 nitrogen and oxygen atoms in total. The lowest BCUT2D eigenvalue weighted by Gasteiger charge is -2.06. The number of unbranched alkanes of at least 4 members (excludes halogenated alkanes) is 3. The maximum Gasteiger partial charge on any atom is 0.132 e. The van der Waals surface area contributed by atoms with Crippen molar-refractivity contribution in [3.05, 3.63) is 53.3 Å². The van der Waals surface area contributed by atoms with Crippen molar-refractivity contribution >= 4 is 23.0 Å². The Balaban J connectivity index is 1.68. The summed E-state index contributed by atoms with van der Waals surface area (Å²) in [5, 5.41) is 4.47. The summed E-state index contributed by atoms with van der Waals surface area (Å²) in [4.78, 5) is 14.7. The molecular formula is C20H24N4S. The van der Waals surface area contributed by atoms with Gasteiger partial charge in [-0.1, -0.05) is 32.3 Å². The molecular weight excluding hydrogens is 328 g/mol. The van der Waals surface area contributed by atoms with Crippen molar-refractivity contribution in [3.63, 3.8) is 0 Å². The highest BCUT2D eigenvalue weighted by Gasteiger charge is 2.07. The summed E-state index contributed by atoms with van der Waals surface area (Å²) in [5.41, 5.74) is 2.12. The minimum absolute atomic E-state index is 0.800. The number of nitrogens with zero attached hydrogens (tertiary/aromatic N) is 3. The lowest BCUT2D eigenvalue weighted by atomic mass is 10.2. The number of pyridine rings is 2. The number of anilines is 2. The van der Waals surface area contributed by atoms with Gasteiger partial charge in [0.2, 0.25) is 0 Å². The average molecular weight is 353 g/mol. The molecule has 3 aromatic rings. The molecule has 0 aliphatic heterocycles. The van der Waals surface area contributed by atoms with Crippen LogP contribution < -0.4 is 5.32 Å². The molecule has 0 unspecified atom stereocenters. The van der Waals surface area contributed by atoms with Crippen LogP contribution in [-0.4, -0.2) is 15.0 Å². The van der Waals surface area contributed by atoms with E-state index in [1.165, 1.54) is 36.3 Å². The quantitative estimate of drug-likeness (QED) is 0.522. The van der Waals surface area contributed by atoms with Gasteiger partial charge in [0.25, 0.3) is 0 Å². The van der Waals surface area contributed by atoms with E-state index in [1.807, 2.05) is 36.5 Å². The zero-order chi connectivity index (χ0) is 17.5. The number of hydrogen-bond acceptors (Lipinski definition) is 5. The zero-order valence-corrected chi connectivity index (χ0v) is 15.6. The van der Waals surface area contributed by atoms with Gasteiger partial charge in [0, 0.05) is 12.4 Å². The number of aromatic nitrogens is 3. The molecule has 5 heteroatoms. The highest BCUT2D eigenvalue weighted by atomic mass is 32.1. The minimum atomic E-state index is 0.800. The van der Waals surface area contributed by atoms with E-state index in [0.717, 1.165) is 28.6 Å². The summed E-state index contributed by atoms with van der Waals surface area (Å²) in [6, 6.07) is 9.99. The second-order valence-corrected chi connectivity index (χ2v) is 7.30. The van der Waals surface area contributed by atoms with Crippen LogP contribution in [0.1, 0.15) is 43.2 Å². The average Bonchev–Trinajstić information content (AvgIpc) is 3.08. The molecule has 130 valence electrons. The monoisotopic (exact) mass is 352 g/mol. The summed E-state index contributed by atoms with van der Waals surface area (Å²) in [6.45, 7) is 4.29. The number of aryl methyl sites for hydroxylation is 2. The lowest BCUT2D eigenvalue weighted by Crippen LogP contribution is -1.96. The van der Waals surface area contributed by atoms with Crippen molar-refractivity contribution in [1.29, 1.82) is 0 Å². The van der Waals surface area contributed by atoms with Crippen LogP contribution in [0, 0.1) is 6.92 Å². The molecule has 0 fully saturated rings. The number of rotatable bonds is 8. The van der Waals surface area contributed by atoms with E-state index in [0.29, 0.717) is 0 Å². The largest absolute Gasteiger partial charge is 0.325 e. The molecule has 0 aliphatic rings.